The quantitative estimate of drug-likeness (QED) is 0.825. The van der Waals surface area contributed by atoms with E-state index in [9.17, 15) is 14.0 Å². The van der Waals surface area contributed by atoms with Gasteiger partial charge in [-0.15, -0.1) is 0 Å². The van der Waals surface area contributed by atoms with Gasteiger partial charge >= 0.3 is 0 Å². The van der Waals surface area contributed by atoms with Crippen molar-refractivity contribution < 1.29 is 14.0 Å². The van der Waals surface area contributed by atoms with Crippen molar-refractivity contribution in [1.82, 2.24) is 9.58 Å². The third kappa shape index (κ3) is 2.68. The maximum atomic E-state index is 14.1. The van der Waals surface area contributed by atoms with Crippen LogP contribution < -0.4 is 10.7 Å². The molecule has 0 spiro atoms. The highest BCUT2D eigenvalue weighted by molar-refractivity contribution is 6.06. The van der Waals surface area contributed by atoms with E-state index >= 15 is 0 Å². The second-order valence-corrected chi connectivity index (χ2v) is 7.79. The molecule has 4 rings (SSSR count). The first kappa shape index (κ1) is 18.5. The molecule has 2 amide bonds. The molecule has 3 heterocycles. The van der Waals surface area contributed by atoms with Gasteiger partial charge in [-0.2, -0.15) is 0 Å². The zero-order valence-electron chi connectivity index (χ0n) is 16.2. The Morgan fingerprint density at radius 2 is 1.96 bits per heavy atom. The second kappa shape index (κ2) is 6.65. The number of halogens is 1. The Labute approximate surface area is 163 Å². The monoisotopic (exact) mass is 384 g/mol. The third-order valence-electron chi connectivity index (χ3n) is 6.40. The SMILES string of the molecule is C=CC(=O)N1CCC2CCN(n3c(C)c(C)c4cc(F)cc(C(N)=O)c43)CC21. The van der Waals surface area contributed by atoms with E-state index in [1.807, 2.05) is 23.4 Å². The zero-order chi connectivity index (χ0) is 20.2. The molecule has 2 atom stereocenters. The van der Waals surface area contributed by atoms with Crippen molar-refractivity contribution in [3.05, 3.63) is 47.4 Å². The minimum Gasteiger partial charge on any atom is -0.366 e. The zero-order valence-corrected chi connectivity index (χ0v) is 16.2. The summed E-state index contributed by atoms with van der Waals surface area (Å²) in [5.41, 5.74) is 8.26. The summed E-state index contributed by atoms with van der Waals surface area (Å²) in [6.07, 6.45) is 3.33. The first-order chi connectivity index (χ1) is 13.3. The molecule has 2 N–H and O–H groups in total. The Hall–Kier alpha value is -2.83. The molecule has 7 heteroatoms. The van der Waals surface area contributed by atoms with Gasteiger partial charge in [-0.25, -0.2) is 4.39 Å². The number of fused-ring (bicyclic) bond motifs is 2. The summed E-state index contributed by atoms with van der Waals surface area (Å²) in [5.74, 6) is -0.697. The molecule has 148 valence electrons. The normalized spacial score (nSPS) is 21.8. The van der Waals surface area contributed by atoms with Gasteiger partial charge in [-0.3, -0.25) is 14.3 Å². The van der Waals surface area contributed by atoms with Crippen LogP contribution in [0.25, 0.3) is 10.9 Å². The highest BCUT2D eigenvalue weighted by Gasteiger charge is 2.40. The number of piperidine rings is 1. The van der Waals surface area contributed by atoms with Gasteiger partial charge in [0.25, 0.3) is 5.91 Å². The Kier molecular flexibility index (Phi) is 4.40. The van der Waals surface area contributed by atoms with Gasteiger partial charge in [0.05, 0.1) is 23.7 Å². The highest BCUT2D eigenvalue weighted by atomic mass is 19.1. The number of carbonyl (C=O) groups excluding carboxylic acids is 2. The fourth-order valence-corrected chi connectivity index (χ4v) is 4.87. The van der Waals surface area contributed by atoms with Crippen LogP contribution in [0.2, 0.25) is 0 Å². The maximum absolute atomic E-state index is 14.1. The number of benzene rings is 1. The predicted molar refractivity (Wildman–Crippen MR) is 106 cm³/mol. The number of carbonyl (C=O) groups is 2. The maximum Gasteiger partial charge on any atom is 0.251 e. The average Bonchev–Trinajstić information content (AvgIpc) is 3.20. The molecule has 6 nitrogen and oxygen atoms in total. The van der Waals surface area contributed by atoms with E-state index in [-0.39, 0.29) is 17.5 Å². The Morgan fingerprint density at radius 3 is 2.64 bits per heavy atom. The fourth-order valence-electron chi connectivity index (χ4n) is 4.87. The lowest BCUT2D eigenvalue weighted by atomic mass is 9.93. The first-order valence-corrected chi connectivity index (χ1v) is 9.62. The first-order valence-electron chi connectivity index (χ1n) is 9.62. The molecule has 2 fully saturated rings. The summed E-state index contributed by atoms with van der Waals surface area (Å²) >= 11 is 0. The van der Waals surface area contributed by atoms with Crippen molar-refractivity contribution in [1.29, 1.82) is 0 Å². The minimum absolute atomic E-state index is 0.0421. The minimum atomic E-state index is -0.650. The van der Waals surface area contributed by atoms with Gasteiger partial charge in [-0.05, 0) is 56.4 Å². The standard InChI is InChI=1S/C21H25FN4O2/c1-4-19(27)25-8-6-14-5-7-24(11-18(14)25)26-13(3)12(2)16-9-15(22)10-17(20(16)26)21(23)28/h4,9-10,14,18H,1,5-8,11H2,2-3H3,(H2,23,28). The lowest BCUT2D eigenvalue weighted by Crippen LogP contribution is -2.53. The number of hydrogen-bond acceptors (Lipinski definition) is 3. The Bertz CT molecular complexity index is 996. The number of rotatable bonds is 3. The van der Waals surface area contributed by atoms with E-state index in [1.54, 1.807) is 0 Å². The number of aryl methyl sites for hydroxylation is 1. The van der Waals surface area contributed by atoms with Crippen molar-refractivity contribution >= 4 is 22.7 Å². The molecule has 2 unspecified atom stereocenters. The number of nitrogens with zero attached hydrogens (tertiary/aromatic N) is 3. The molecule has 2 aromatic rings. The van der Waals surface area contributed by atoms with Crippen molar-refractivity contribution in [2.75, 3.05) is 24.6 Å². The van der Waals surface area contributed by atoms with Gasteiger partial charge in [0, 0.05) is 24.2 Å². The predicted octanol–water partition coefficient (Wildman–Crippen LogP) is 2.24. The number of hydrogen-bond donors (Lipinski definition) is 1. The lowest BCUT2D eigenvalue weighted by Gasteiger charge is -2.40. The van der Waals surface area contributed by atoms with Gasteiger partial charge < -0.3 is 15.6 Å². The van der Waals surface area contributed by atoms with Gasteiger partial charge in [0.1, 0.15) is 5.82 Å². The van der Waals surface area contributed by atoms with Crippen LogP contribution in [0.15, 0.2) is 24.8 Å². The van der Waals surface area contributed by atoms with Crippen LogP contribution >= 0.6 is 0 Å². The summed E-state index contributed by atoms with van der Waals surface area (Å²) in [4.78, 5) is 26.2. The molecule has 0 aliphatic carbocycles. The van der Waals surface area contributed by atoms with E-state index in [2.05, 4.69) is 11.6 Å². The van der Waals surface area contributed by atoms with Crippen LogP contribution in [-0.2, 0) is 4.79 Å². The molecule has 1 aromatic carbocycles. The third-order valence-corrected chi connectivity index (χ3v) is 6.40. The summed E-state index contributed by atoms with van der Waals surface area (Å²) in [6.45, 7) is 9.71. The largest absolute Gasteiger partial charge is 0.366 e. The molecule has 1 aromatic heterocycles. The van der Waals surface area contributed by atoms with Crippen LogP contribution in [0, 0.1) is 25.6 Å². The van der Waals surface area contributed by atoms with E-state index in [0.29, 0.717) is 23.4 Å². The molecule has 2 aliphatic heterocycles. The van der Waals surface area contributed by atoms with Crippen LogP contribution in [0.1, 0.15) is 34.5 Å². The fraction of sp³-hybridized carbons (Fsp3) is 0.429. The van der Waals surface area contributed by atoms with E-state index in [4.69, 9.17) is 5.73 Å². The molecule has 2 aliphatic rings. The highest BCUT2D eigenvalue weighted by Crippen LogP contribution is 2.35. The number of nitrogens with two attached hydrogens (primary N) is 1. The number of likely N-dealkylation sites (tertiary alicyclic amines) is 1. The summed E-state index contributed by atoms with van der Waals surface area (Å²) < 4.78 is 16.1. The van der Waals surface area contributed by atoms with E-state index in [1.165, 1.54) is 18.2 Å². The van der Waals surface area contributed by atoms with Gasteiger partial charge in [0.15, 0.2) is 0 Å². The van der Waals surface area contributed by atoms with Crippen molar-refractivity contribution in [2.24, 2.45) is 11.7 Å². The smallest absolute Gasteiger partial charge is 0.251 e. The molecular formula is C21H25FN4O2. The Morgan fingerprint density at radius 1 is 1.25 bits per heavy atom. The summed E-state index contributed by atoms with van der Waals surface area (Å²) in [6, 6.07) is 2.76. The summed E-state index contributed by atoms with van der Waals surface area (Å²) in [5, 5.41) is 2.85. The van der Waals surface area contributed by atoms with Crippen LogP contribution in [0.3, 0.4) is 0 Å². The molecule has 2 saturated heterocycles. The number of aromatic nitrogens is 1. The summed E-state index contributed by atoms with van der Waals surface area (Å²) in [7, 11) is 0. The molecule has 28 heavy (non-hydrogen) atoms. The lowest BCUT2D eigenvalue weighted by molar-refractivity contribution is -0.127. The Balaban J connectivity index is 1.81. The van der Waals surface area contributed by atoms with Crippen molar-refractivity contribution in [2.45, 2.75) is 32.7 Å². The van der Waals surface area contributed by atoms with Crippen LogP contribution in [-0.4, -0.2) is 47.1 Å². The second-order valence-electron chi connectivity index (χ2n) is 7.79. The molecule has 0 saturated carbocycles. The molecule has 0 radical (unpaired) electrons. The topological polar surface area (TPSA) is 71.6 Å². The molecular weight excluding hydrogens is 359 g/mol. The van der Waals surface area contributed by atoms with E-state index < -0.39 is 11.7 Å². The van der Waals surface area contributed by atoms with Crippen LogP contribution in [0.5, 0.6) is 0 Å². The van der Waals surface area contributed by atoms with Crippen molar-refractivity contribution in [3.8, 4) is 0 Å². The van der Waals surface area contributed by atoms with Gasteiger partial charge in [-0.1, -0.05) is 6.58 Å². The van der Waals surface area contributed by atoms with Crippen LogP contribution in [0.4, 0.5) is 4.39 Å². The average molecular weight is 384 g/mol. The van der Waals surface area contributed by atoms with Gasteiger partial charge in [0.2, 0.25) is 5.91 Å². The molecule has 0 bridgehead atoms. The van der Waals surface area contributed by atoms with Crippen molar-refractivity contribution in [3.63, 3.8) is 0 Å². The number of amides is 2. The van der Waals surface area contributed by atoms with E-state index in [0.717, 1.165) is 37.2 Å². The number of primary amides is 1.